The number of carboxylic acids is 1. The molecule has 2 N–H and O–H groups in total. The molecule has 2 heterocycles. The minimum absolute atomic E-state index is 0.134. The summed E-state index contributed by atoms with van der Waals surface area (Å²) in [6.07, 6.45) is 0.272. The largest absolute Gasteiger partial charge is 0.478 e. The highest BCUT2D eigenvalue weighted by Gasteiger charge is 2.14. The van der Waals surface area contributed by atoms with Crippen molar-refractivity contribution in [2.75, 3.05) is 5.32 Å². The molecule has 0 aliphatic carbocycles. The summed E-state index contributed by atoms with van der Waals surface area (Å²) in [5.74, 6) is -1.23. The van der Waals surface area contributed by atoms with Crippen LogP contribution in [0.4, 0.5) is 5.00 Å². The van der Waals surface area contributed by atoms with E-state index in [0.29, 0.717) is 5.00 Å². The summed E-state index contributed by atoms with van der Waals surface area (Å²) in [6.45, 7) is 0. The molecule has 2 rings (SSSR count). The van der Waals surface area contributed by atoms with Crippen molar-refractivity contribution in [3.05, 3.63) is 39.4 Å². The van der Waals surface area contributed by atoms with E-state index < -0.39 is 5.97 Å². The summed E-state index contributed by atoms with van der Waals surface area (Å²) in [7, 11) is 0. The Morgan fingerprint density at radius 1 is 1.24 bits per heavy atom. The fraction of sp³-hybridized carbons (Fsp3) is 0.0909. The van der Waals surface area contributed by atoms with E-state index in [9.17, 15) is 9.59 Å². The van der Waals surface area contributed by atoms with Crippen molar-refractivity contribution < 1.29 is 14.7 Å². The van der Waals surface area contributed by atoms with Crippen LogP contribution in [-0.2, 0) is 11.2 Å². The van der Waals surface area contributed by atoms with Crippen molar-refractivity contribution in [1.29, 1.82) is 0 Å². The maximum absolute atomic E-state index is 11.7. The van der Waals surface area contributed by atoms with Gasteiger partial charge in [-0.25, -0.2) is 4.79 Å². The summed E-state index contributed by atoms with van der Waals surface area (Å²) >= 11 is 2.71. The van der Waals surface area contributed by atoms with Crippen molar-refractivity contribution >= 4 is 39.6 Å². The monoisotopic (exact) mass is 267 g/mol. The average Bonchev–Trinajstić information content (AvgIpc) is 2.88. The molecule has 17 heavy (non-hydrogen) atoms. The van der Waals surface area contributed by atoms with Gasteiger partial charge in [0.05, 0.1) is 12.0 Å². The Labute approximate surface area is 106 Å². The molecule has 0 saturated heterocycles. The molecule has 0 radical (unpaired) electrons. The molecular weight excluding hydrogens is 258 g/mol. The van der Waals surface area contributed by atoms with E-state index in [2.05, 4.69) is 5.32 Å². The second-order valence-corrected chi connectivity index (χ2v) is 5.22. The van der Waals surface area contributed by atoms with E-state index in [1.165, 1.54) is 28.7 Å². The lowest BCUT2D eigenvalue weighted by Crippen LogP contribution is -2.14. The van der Waals surface area contributed by atoms with Gasteiger partial charge in [-0.05, 0) is 22.9 Å². The number of carboxylic acid groups (broad SMARTS) is 1. The average molecular weight is 267 g/mol. The van der Waals surface area contributed by atoms with Crippen LogP contribution in [-0.4, -0.2) is 17.0 Å². The third kappa shape index (κ3) is 2.92. The Bertz CT molecular complexity index is 531. The predicted octanol–water partition coefficient (Wildman–Crippen LogP) is 2.69. The Morgan fingerprint density at radius 3 is 2.71 bits per heavy atom. The number of nitrogens with one attached hydrogen (secondary N) is 1. The van der Waals surface area contributed by atoms with Gasteiger partial charge in [-0.2, -0.15) is 0 Å². The van der Waals surface area contributed by atoms with Gasteiger partial charge >= 0.3 is 5.97 Å². The molecule has 0 aromatic carbocycles. The third-order valence-corrected chi connectivity index (χ3v) is 3.77. The second-order valence-electron chi connectivity index (χ2n) is 3.27. The molecule has 1 amide bonds. The summed E-state index contributed by atoms with van der Waals surface area (Å²) in [5, 5.41) is 15.4. The van der Waals surface area contributed by atoms with Gasteiger partial charge in [0.1, 0.15) is 5.00 Å². The molecule has 0 atom stereocenters. The molecule has 4 nitrogen and oxygen atoms in total. The highest BCUT2D eigenvalue weighted by atomic mass is 32.1. The first-order valence-corrected chi connectivity index (χ1v) is 6.56. The molecule has 0 fully saturated rings. The van der Waals surface area contributed by atoms with Gasteiger partial charge in [0.15, 0.2) is 0 Å². The predicted molar refractivity (Wildman–Crippen MR) is 67.9 cm³/mol. The molecule has 6 heteroatoms. The van der Waals surface area contributed by atoms with Gasteiger partial charge in [-0.1, -0.05) is 6.07 Å². The minimum Gasteiger partial charge on any atom is -0.478 e. The van der Waals surface area contributed by atoms with Gasteiger partial charge in [-0.15, -0.1) is 22.7 Å². The lowest BCUT2D eigenvalue weighted by atomic mass is 10.3. The molecular formula is C11H9NO3S2. The number of carbonyl (C=O) groups excluding carboxylic acids is 1. The Morgan fingerprint density at radius 2 is 2.06 bits per heavy atom. The number of hydrogen-bond acceptors (Lipinski definition) is 4. The first kappa shape index (κ1) is 11.8. The number of carbonyl (C=O) groups is 2. The molecule has 0 unspecified atom stereocenters. The van der Waals surface area contributed by atoms with Crippen LogP contribution in [0.5, 0.6) is 0 Å². The van der Waals surface area contributed by atoms with Crippen LogP contribution in [0.2, 0.25) is 0 Å². The molecule has 0 spiro atoms. The van der Waals surface area contributed by atoms with Crippen molar-refractivity contribution in [1.82, 2.24) is 0 Å². The van der Waals surface area contributed by atoms with Crippen LogP contribution in [0.15, 0.2) is 29.0 Å². The van der Waals surface area contributed by atoms with Gasteiger partial charge < -0.3 is 10.4 Å². The number of amides is 1. The molecule has 0 aliphatic rings. The van der Waals surface area contributed by atoms with E-state index in [1.807, 2.05) is 17.5 Å². The van der Waals surface area contributed by atoms with Crippen LogP contribution < -0.4 is 5.32 Å². The summed E-state index contributed by atoms with van der Waals surface area (Å²) in [4.78, 5) is 23.5. The van der Waals surface area contributed by atoms with E-state index in [4.69, 9.17) is 5.11 Å². The van der Waals surface area contributed by atoms with Crippen molar-refractivity contribution in [3.8, 4) is 0 Å². The molecule has 88 valence electrons. The molecule has 2 aromatic rings. The minimum atomic E-state index is -1.03. The quantitative estimate of drug-likeness (QED) is 0.895. The SMILES string of the molecule is O=C(Cc1cccs1)Nc1sccc1C(=O)O. The van der Waals surface area contributed by atoms with Crippen molar-refractivity contribution in [2.45, 2.75) is 6.42 Å². The topological polar surface area (TPSA) is 66.4 Å². The van der Waals surface area contributed by atoms with Crippen LogP contribution in [0.25, 0.3) is 0 Å². The lowest BCUT2D eigenvalue weighted by Gasteiger charge is -2.02. The van der Waals surface area contributed by atoms with Gasteiger partial charge in [0.25, 0.3) is 0 Å². The Balaban J connectivity index is 2.03. The third-order valence-electron chi connectivity index (χ3n) is 2.06. The Hall–Kier alpha value is -1.66. The first-order chi connectivity index (χ1) is 8.16. The fourth-order valence-electron chi connectivity index (χ4n) is 1.32. The highest BCUT2D eigenvalue weighted by molar-refractivity contribution is 7.14. The Kier molecular flexibility index (Phi) is 3.55. The second kappa shape index (κ2) is 5.11. The molecule has 0 saturated carbocycles. The number of rotatable bonds is 4. The standard InChI is InChI=1S/C11H9NO3S2/c13-9(6-7-2-1-4-16-7)12-10-8(11(14)15)3-5-17-10/h1-5H,6H2,(H,12,13)(H,14,15). The molecule has 0 aliphatic heterocycles. The van der Waals surface area contributed by atoms with Gasteiger partial charge in [-0.3, -0.25) is 4.79 Å². The zero-order valence-corrected chi connectivity index (χ0v) is 10.3. The molecule has 0 bridgehead atoms. The number of anilines is 1. The van der Waals surface area contributed by atoms with Crippen molar-refractivity contribution in [3.63, 3.8) is 0 Å². The van der Waals surface area contributed by atoms with E-state index in [-0.39, 0.29) is 17.9 Å². The number of hydrogen-bond donors (Lipinski definition) is 2. The summed E-state index contributed by atoms with van der Waals surface area (Å²) < 4.78 is 0. The highest BCUT2D eigenvalue weighted by Crippen LogP contribution is 2.23. The van der Waals surface area contributed by atoms with E-state index in [0.717, 1.165) is 4.88 Å². The van der Waals surface area contributed by atoms with E-state index >= 15 is 0 Å². The smallest absolute Gasteiger partial charge is 0.338 e. The maximum Gasteiger partial charge on any atom is 0.338 e. The normalized spacial score (nSPS) is 10.1. The van der Waals surface area contributed by atoms with Gasteiger partial charge in [0.2, 0.25) is 5.91 Å². The summed E-state index contributed by atoms with van der Waals surface area (Å²) in [5.41, 5.74) is 0.134. The zero-order valence-electron chi connectivity index (χ0n) is 8.67. The first-order valence-electron chi connectivity index (χ1n) is 4.80. The van der Waals surface area contributed by atoms with E-state index in [1.54, 1.807) is 5.38 Å². The number of thiophene rings is 2. The zero-order chi connectivity index (χ0) is 12.3. The lowest BCUT2D eigenvalue weighted by molar-refractivity contribution is -0.115. The number of aromatic carboxylic acids is 1. The van der Waals surface area contributed by atoms with Crippen LogP contribution >= 0.6 is 22.7 Å². The maximum atomic E-state index is 11.7. The summed E-state index contributed by atoms with van der Waals surface area (Å²) in [6, 6.07) is 5.23. The fourth-order valence-corrected chi connectivity index (χ4v) is 2.82. The van der Waals surface area contributed by atoms with Crippen LogP contribution in [0.1, 0.15) is 15.2 Å². The van der Waals surface area contributed by atoms with Crippen molar-refractivity contribution in [2.24, 2.45) is 0 Å². The molecule has 2 aromatic heterocycles. The van der Waals surface area contributed by atoms with Gasteiger partial charge in [0, 0.05) is 4.88 Å². The van der Waals surface area contributed by atoms with Crippen LogP contribution in [0.3, 0.4) is 0 Å². The van der Waals surface area contributed by atoms with Crippen LogP contribution in [0, 0.1) is 0 Å².